The molecular weight excluding hydrogens is 364 g/mol. The van der Waals surface area contributed by atoms with Gasteiger partial charge in [-0.3, -0.25) is 10.1 Å². The maximum absolute atomic E-state index is 12.4. The summed E-state index contributed by atoms with van der Waals surface area (Å²) < 4.78 is 10.3. The Balaban J connectivity index is 2.11. The number of unbranched alkanes of at least 4 members (excludes halogenated alkanes) is 1. The van der Waals surface area contributed by atoms with E-state index in [1.54, 1.807) is 12.1 Å². The van der Waals surface area contributed by atoms with Crippen LogP contribution in [0, 0.1) is 10.1 Å². The first-order valence-corrected chi connectivity index (χ1v) is 8.89. The molecule has 0 fully saturated rings. The number of nitrogens with one attached hydrogen (secondary N) is 1. The van der Waals surface area contributed by atoms with Crippen LogP contribution in [0.25, 0.3) is 0 Å². The van der Waals surface area contributed by atoms with Gasteiger partial charge in [0.15, 0.2) is 6.04 Å². The van der Waals surface area contributed by atoms with Gasteiger partial charge in [-0.15, -0.1) is 0 Å². The molecule has 1 atom stereocenters. The summed E-state index contributed by atoms with van der Waals surface area (Å²) in [6.45, 7) is 2.17. The third-order valence-electron chi connectivity index (χ3n) is 3.87. The predicted octanol–water partition coefficient (Wildman–Crippen LogP) is 3.91. The van der Waals surface area contributed by atoms with Gasteiger partial charge < -0.3 is 14.8 Å². The average molecular weight is 386 g/mol. The normalized spacial score (nSPS) is 11.3. The summed E-state index contributed by atoms with van der Waals surface area (Å²) in [5.41, 5.74) is 0.839. The Morgan fingerprint density at radius 1 is 1.11 bits per heavy atom. The van der Waals surface area contributed by atoms with Crippen molar-refractivity contribution in [1.82, 2.24) is 5.32 Å². The number of nitro benzene ring substituents is 1. The zero-order valence-electron chi connectivity index (χ0n) is 15.5. The highest BCUT2D eigenvalue weighted by Gasteiger charge is 2.26. The van der Waals surface area contributed by atoms with E-state index in [0.717, 1.165) is 12.0 Å². The summed E-state index contributed by atoms with van der Waals surface area (Å²) >= 11 is 0. The van der Waals surface area contributed by atoms with Gasteiger partial charge in [-0.05, 0) is 17.5 Å². The van der Waals surface area contributed by atoms with Gasteiger partial charge in [0.2, 0.25) is 0 Å². The second-order valence-electron chi connectivity index (χ2n) is 6.01. The molecule has 2 aromatic carbocycles. The average Bonchev–Trinajstić information content (AvgIpc) is 2.71. The molecule has 0 aliphatic heterocycles. The number of carbonyl (C=O) groups is 2. The van der Waals surface area contributed by atoms with Gasteiger partial charge in [0, 0.05) is 12.1 Å². The standard InChI is InChI=1S/C20H22N2O6/c1-2-3-12-27-19(23)18(16-10-7-11-17(13-16)22(25)26)21-20(24)28-14-15-8-5-4-6-9-15/h4-11,13,18H,2-3,12,14H2,1H3,(H,21,24)/t18-/m1/s1. The molecule has 0 saturated carbocycles. The van der Waals surface area contributed by atoms with Crippen molar-refractivity contribution < 1.29 is 24.0 Å². The lowest BCUT2D eigenvalue weighted by Gasteiger charge is -2.18. The van der Waals surface area contributed by atoms with Gasteiger partial charge in [-0.1, -0.05) is 55.8 Å². The zero-order chi connectivity index (χ0) is 20.4. The smallest absolute Gasteiger partial charge is 0.408 e. The number of carbonyl (C=O) groups excluding carboxylic acids is 2. The van der Waals surface area contributed by atoms with Gasteiger partial charge in [0.1, 0.15) is 6.61 Å². The number of hydrogen-bond donors (Lipinski definition) is 1. The number of nitrogens with zero attached hydrogens (tertiary/aromatic N) is 1. The highest BCUT2D eigenvalue weighted by molar-refractivity contribution is 5.83. The number of ether oxygens (including phenoxy) is 2. The van der Waals surface area contributed by atoms with Crippen molar-refractivity contribution in [2.24, 2.45) is 0 Å². The van der Waals surface area contributed by atoms with Crippen LogP contribution in [0.2, 0.25) is 0 Å². The van der Waals surface area contributed by atoms with Crippen LogP contribution in [0.3, 0.4) is 0 Å². The van der Waals surface area contributed by atoms with E-state index >= 15 is 0 Å². The molecule has 0 heterocycles. The van der Waals surface area contributed by atoms with Crippen LogP contribution in [0.4, 0.5) is 10.5 Å². The Hall–Kier alpha value is -3.42. The molecule has 28 heavy (non-hydrogen) atoms. The molecule has 8 nitrogen and oxygen atoms in total. The molecular formula is C20H22N2O6. The first kappa shape index (κ1) is 20.9. The maximum atomic E-state index is 12.4. The number of rotatable bonds is 9. The lowest BCUT2D eigenvalue weighted by molar-refractivity contribution is -0.384. The SMILES string of the molecule is CCCCOC(=O)[C@H](NC(=O)OCc1ccccc1)c1cccc([N+](=O)[O-])c1. The monoisotopic (exact) mass is 386 g/mol. The molecule has 8 heteroatoms. The van der Waals surface area contributed by atoms with E-state index in [2.05, 4.69) is 5.32 Å². The summed E-state index contributed by atoms with van der Waals surface area (Å²) in [7, 11) is 0. The molecule has 0 aliphatic carbocycles. The maximum Gasteiger partial charge on any atom is 0.408 e. The van der Waals surface area contributed by atoms with Crippen LogP contribution in [0.5, 0.6) is 0 Å². The van der Waals surface area contributed by atoms with E-state index in [0.29, 0.717) is 6.42 Å². The summed E-state index contributed by atoms with van der Waals surface area (Å²) in [5.74, 6) is -0.703. The fourth-order valence-corrected chi connectivity index (χ4v) is 2.38. The predicted molar refractivity (Wildman–Crippen MR) is 101 cm³/mol. The van der Waals surface area contributed by atoms with E-state index in [9.17, 15) is 19.7 Å². The summed E-state index contributed by atoms with van der Waals surface area (Å²) in [5, 5.41) is 13.5. The first-order chi connectivity index (χ1) is 13.5. The number of esters is 1. The summed E-state index contributed by atoms with van der Waals surface area (Å²) in [4.78, 5) is 35.1. The molecule has 0 bridgehead atoms. The minimum Gasteiger partial charge on any atom is -0.464 e. The summed E-state index contributed by atoms with van der Waals surface area (Å²) in [6, 6.07) is 13.3. The topological polar surface area (TPSA) is 108 Å². The van der Waals surface area contributed by atoms with E-state index in [1.165, 1.54) is 24.3 Å². The molecule has 2 aromatic rings. The Morgan fingerprint density at radius 3 is 2.54 bits per heavy atom. The quantitative estimate of drug-likeness (QED) is 0.303. The van der Waals surface area contributed by atoms with E-state index in [4.69, 9.17) is 9.47 Å². The van der Waals surface area contributed by atoms with Crippen molar-refractivity contribution in [1.29, 1.82) is 0 Å². The Kier molecular flexibility index (Phi) is 7.95. The van der Waals surface area contributed by atoms with Crippen molar-refractivity contribution in [3.05, 3.63) is 75.8 Å². The molecule has 0 radical (unpaired) electrons. The minimum absolute atomic E-state index is 0.0270. The second-order valence-corrected chi connectivity index (χ2v) is 6.01. The third kappa shape index (κ3) is 6.39. The van der Waals surface area contributed by atoms with Crippen molar-refractivity contribution in [2.45, 2.75) is 32.4 Å². The molecule has 0 spiro atoms. The minimum atomic E-state index is -1.21. The van der Waals surface area contributed by atoms with Gasteiger partial charge in [-0.25, -0.2) is 9.59 Å². The molecule has 0 saturated heterocycles. The van der Waals surface area contributed by atoms with Crippen molar-refractivity contribution in [2.75, 3.05) is 6.61 Å². The van der Waals surface area contributed by atoms with Crippen LogP contribution in [0.1, 0.15) is 36.9 Å². The Bertz CT molecular complexity index is 809. The third-order valence-corrected chi connectivity index (χ3v) is 3.87. The van der Waals surface area contributed by atoms with Gasteiger partial charge in [-0.2, -0.15) is 0 Å². The highest BCUT2D eigenvalue weighted by Crippen LogP contribution is 2.21. The first-order valence-electron chi connectivity index (χ1n) is 8.89. The van der Waals surface area contributed by atoms with Crippen LogP contribution >= 0.6 is 0 Å². The number of hydrogen-bond acceptors (Lipinski definition) is 6. The van der Waals surface area contributed by atoms with Crippen molar-refractivity contribution >= 4 is 17.7 Å². The number of amides is 1. The highest BCUT2D eigenvalue weighted by atomic mass is 16.6. The van der Waals surface area contributed by atoms with Crippen LogP contribution in [0.15, 0.2) is 54.6 Å². The molecule has 1 amide bonds. The summed E-state index contributed by atoms with van der Waals surface area (Å²) in [6.07, 6.45) is 0.681. The van der Waals surface area contributed by atoms with Gasteiger partial charge in [0.05, 0.1) is 11.5 Å². The Labute approximate surface area is 162 Å². The number of benzene rings is 2. The lowest BCUT2D eigenvalue weighted by atomic mass is 10.1. The van der Waals surface area contributed by atoms with Crippen LogP contribution in [-0.2, 0) is 20.9 Å². The second kappa shape index (κ2) is 10.7. The molecule has 2 rings (SSSR count). The number of nitro groups is 1. The number of non-ortho nitro benzene ring substituents is 1. The van der Waals surface area contributed by atoms with Gasteiger partial charge in [0.25, 0.3) is 5.69 Å². The van der Waals surface area contributed by atoms with E-state index < -0.39 is 23.0 Å². The number of alkyl carbamates (subject to hydrolysis) is 1. The van der Waals surface area contributed by atoms with E-state index in [1.807, 2.05) is 25.1 Å². The molecule has 0 aliphatic rings. The fraction of sp³-hybridized carbons (Fsp3) is 0.300. The molecule has 0 unspecified atom stereocenters. The molecule has 1 N–H and O–H groups in total. The van der Waals surface area contributed by atoms with E-state index in [-0.39, 0.29) is 24.5 Å². The fourth-order valence-electron chi connectivity index (χ4n) is 2.38. The molecule has 148 valence electrons. The zero-order valence-corrected chi connectivity index (χ0v) is 15.5. The van der Waals surface area contributed by atoms with Crippen molar-refractivity contribution in [3.63, 3.8) is 0 Å². The van der Waals surface area contributed by atoms with Crippen LogP contribution < -0.4 is 5.32 Å². The van der Waals surface area contributed by atoms with Crippen molar-refractivity contribution in [3.8, 4) is 0 Å². The lowest BCUT2D eigenvalue weighted by Crippen LogP contribution is -2.35. The Morgan fingerprint density at radius 2 is 1.86 bits per heavy atom. The van der Waals surface area contributed by atoms with Crippen LogP contribution in [-0.4, -0.2) is 23.6 Å². The van der Waals surface area contributed by atoms with Gasteiger partial charge >= 0.3 is 12.1 Å². The largest absolute Gasteiger partial charge is 0.464 e. The molecule has 0 aromatic heterocycles.